The van der Waals surface area contributed by atoms with Crippen LogP contribution >= 0.6 is 22.7 Å². The van der Waals surface area contributed by atoms with Gasteiger partial charge in [-0.2, -0.15) is 0 Å². The standard InChI is InChI=1S/C46H30N4.C44H27NS2.C39H24N2O/c1-2-9-34(10-3-1)50-43-30-33(31-14-18-35(19-15-31)49(36-22-26-47-27-23-36)37-24-28-48-29-25-37)17-21-42(43)45-40-13-7-6-12-39(40)41-20-16-32-8-4-5-11-38(32)44(41)46(45)50;1-3-12-29(13-4-1)38-23-25-40(46-38)41-26-24-39(47-41)30-20-22-37-36(27-30)43-34-18-10-9-17-33(34)35-21-19-28-11-7-8-16-32(28)42(35)44(43)45(37)31-14-5-2-6-15-31;1-2-9-28(10-3-1)41-34-17-15-27(36-19-18-35(42-36)26-20-22-40-23-21-26)24-33(34)38-31-13-7-6-12-30(31)32-16-14-25-8-4-5-11-29(25)37(32)39(38)41/h1-30H;1-27H;1-24H. The molecule has 0 fully saturated rings. The second-order valence-electron chi connectivity index (χ2n) is 35.5. The number of anilines is 3. The molecule has 29 rings (SSSR count). The Morgan fingerprint density at radius 2 is 0.504 bits per heavy atom. The Labute approximate surface area is 807 Å². The molecule has 0 saturated heterocycles. The van der Waals surface area contributed by atoms with Crippen molar-refractivity contribution in [1.82, 2.24) is 28.7 Å². The minimum atomic E-state index is 0.835. The fourth-order valence-corrected chi connectivity index (χ4v) is 23.8. The quantitative estimate of drug-likeness (QED) is 0.114. The van der Waals surface area contributed by atoms with Gasteiger partial charge in [0.15, 0.2) is 0 Å². The number of nitrogens with zero attached hydrogens (tertiary/aromatic N) is 7. The first-order valence-corrected chi connectivity index (χ1v) is 48.7. The maximum Gasteiger partial charge on any atom is 0.134 e. The molecule has 0 N–H and O–H groups in total. The van der Waals surface area contributed by atoms with Gasteiger partial charge in [-0.1, -0.05) is 297 Å². The molecule has 0 saturated carbocycles. The molecule has 0 radical (unpaired) electrons. The predicted molar refractivity (Wildman–Crippen MR) is 589 cm³/mol. The monoisotopic (exact) mass is 1810 g/mol. The summed E-state index contributed by atoms with van der Waals surface area (Å²) in [5.74, 6) is 1.68. The lowest BCUT2D eigenvalue weighted by molar-refractivity contribution is 0.597. The first-order chi connectivity index (χ1) is 69.0. The Balaban J connectivity index is 0.000000105. The zero-order valence-corrected chi connectivity index (χ0v) is 76.8. The van der Waals surface area contributed by atoms with Gasteiger partial charge in [-0.3, -0.25) is 15.0 Å². The van der Waals surface area contributed by atoms with Crippen molar-refractivity contribution >= 4 is 202 Å². The van der Waals surface area contributed by atoms with Crippen LogP contribution in [0, 0.1) is 0 Å². The number of aromatic nitrogens is 6. The number of benzene rings is 20. The van der Waals surface area contributed by atoms with Gasteiger partial charge < -0.3 is 23.0 Å². The van der Waals surface area contributed by atoms with E-state index in [-0.39, 0.29) is 0 Å². The summed E-state index contributed by atoms with van der Waals surface area (Å²) in [4.78, 5) is 20.1. The molecule has 0 amide bonds. The molecule has 9 aromatic heterocycles. The van der Waals surface area contributed by atoms with Gasteiger partial charge in [0.2, 0.25) is 0 Å². The third kappa shape index (κ3) is 13.6. The van der Waals surface area contributed by atoms with Crippen LogP contribution in [0.25, 0.3) is 244 Å². The van der Waals surface area contributed by atoms with Crippen LogP contribution in [0.4, 0.5) is 17.1 Å². The summed E-state index contributed by atoms with van der Waals surface area (Å²) >= 11 is 3.74. The van der Waals surface area contributed by atoms with Gasteiger partial charge in [-0.05, 0) is 261 Å². The molecular formula is C129H81N7OS2. The number of hydrogen-bond donors (Lipinski definition) is 0. The van der Waals surface area contributed by atoms with Crippen LogP contribution in [0.2, 0.25) is 0 Å². The third-order valence-corrected chi connectivity index (χ3v) is 30.3. The van der Waals surface area contributed by atoms with Crippen molar-refractivity contribution in [3.8, 4) is 81.5 Å². The maximum atomic E-state index is 6.39. The van der Waals surface area contributed by atoms with E-state index in [9.17, 15) is 0 Å². The lowest BCUT2D eigenvalue weighted by atomic mass is 9.93. The largest absolute Gasteiger partial charge is 0.456 e. The summed E-state index contributed by atoms with van der Waals surface area (Å²) in [5, 5.41) is 30.5. The zero-order chi connectivity index (χ0) is 91.5. The highest BCUT2D eigenvalue weighted by Gasteiger charge is 2.27. The third-order valence-electron chi connectivity index (χ3n) is 27.9. The molecule has 650 valence electrons. The molecule has 139 heavy (non-hydrogen) atoms. The highest BCUT2D eigenvalue weighted by Crippen LogP contribution is 2.52. The SMILES string of the molecule is c1ccc(-c2ccc(-c3ccc(-c4ccc5c(c4)c4c6ccccc6c6ccc7ccccc7c6c4n5-c4ccccc4)s3)s2)cc1.c1ccc(-n2c3cc(-c4ccc(N(c5ccncc5)c5ccncc5)cc4)ccc3c3c4ccccc4c4ccc5ccccc5c4c32)cc1.c1ccc(-n2c3ccc(-c4ccc(-c5ccncc5)o4)cc3c3c4ccccc4c4ccc5ccccc5c4c32)cc1. The second-order valence-corrected chi connectivity index (χ2v) is 37.7. The van der Waals surface area contributed by atoms with Crippen LogP contribution in [-0.4, -0.2) is 28.7 Å². The van der Waals surface area contributed by atoms with Gasteiger partial charge in [0, 0.05) is 150 Å². The summed E-state index contributed by atoms with van der Waals surface area (Å²) in [6, 6.07) is 165. The number of furan rings is 1. The Hall–Kier alpha value is -17.9. The Bertz CT molecular complexity index is 9840. The summed E-state index contributed by atoms with van der Waals surface area (Å²) in [6.07, 6.45) is 10.9. The molecule has 20 aromatic carbocycles. The topological polar surface area (TPSA) is 69.8 Å². The van der Waals surface area contributed by atoms with Crippen LogP contribution in [-0.2, 0) is 0 Å². The van der Waals surface area contributed by atoms with E-state index < -0.39 is 0 Å². The molecule has 0 aliphatic heterocycles. The molecule has 8 nitrogen and oxygen atoms in total. The van der Waals surface area contributed by atoms with E-state index in [1.165, 1.54) is 204 Å². The first-order valence-electron chi connectivity index (χ1n) is 47.0. The smallest absolute Gasteiger partial charge is 0.134 e. The number of pyridine rings is 3. The van der Waals surface area contributed by atoms with E-state index >= 15 is 0 Å². The van der Waals surface area contributed by atoms with Crippen LogP contribution < -0.4 is 4.90 Å². The number of thiophene rings is 2. The van der Waals surface area contributed by atoms with Crippen molar-refractivity contribution in [3.63, 3.8) is 0 Å². The van der Waals surface area contributed by atoms with E-state index in [0.717, 1.165) is 56.6 Å². The molecular weight excluding hydrogens is 1730 g/mol. The molecule has 9 heterocycles. The number of fused-ring (bicyclic) bond motifs is 30. The van der Waals surface area contributed by atoms with E-state index in [4.69, 9.17) is 4.42 Å². The Morgan fingerprint density at radius 1 is 0.187 bits per heavy atom. The van der Waals surface area contributed by atoms with E-state index in [0.29, 0.717) is 0 Å². The lowest BCUT2D eigenvalue weighted by Crippen LogP contribution is -2.09. The maximum absolute atomic E-state index is 6.39. The summed E-state index contributed by atoms with van der Waals surface area (Å²) in [6.45, 7) is 0. The summed E-state index contributed by atoms with van der Waals surface area (Å²) < 4.78 is 13.8. The van der Waals surface area contributed by atoms with E-state index in [1.807, 2.05) is 89.9 Å². The van der Waals surface area contributed by atoms with Crippen molar-refractivity contribution < 1.29 is 4.42 Å². The van der Waals surface area contributed by atoms with Crippen molar-refractivity contribution in [2.45, 2.75) is 0 Å². The summed E-state index contributed by atoms with van der Waals surface area (Å²) in [5.41, 5.74) is 20.9. The molecule has 10 heteroatoms. The van der Waals surface area contributed by atoms with Gasteiger partial charge in [-0.15, -0.1) is 22.7 Å². The number of para-hydroxylation sites is 3. The first kappa shape index (κ1) is 80.7. The number of hydrogen-bond acceptors (Lipinski definition) is 7. The fourth-order valence-electron chi connectivity index (χ4n) is 21.7. The molecule has 0 aliphatic carbocycles. The molecule has 0 bridgehead atoms. The molecule has 0 aliphatic rings. The lowest BCUT2D eigenvalue weighted by Gasteiger charge is -2.25. The average Bonchev–Trinajstić information content (AvgIpc) is 1.56. The van der Waals surface area contributed by atoms with E-state index in [1.54, 1.807) is 12.4 Å². The predicted octanol–water partition coefficient (Wildman–Crippen LogP) is 36.1. The Kier molecular flexibility index (Phi) is 19.5. The highest BCUT2D eigenvalue weighted by molar-refractivity contribution is 7.25. The van der Waals surface area contributed by atoms with E-state index in [2.05, 4.69) is 446 Å². The van der Waals surface area contributed by atoms with Crippen molar-refractivity contribution in [2.24, 2.45) is 0 Å². The van der Waals surface area contributed by atoms with Crippen LogP contribution in [0.15, 0.2) is 497 Å². The highest BCUT2D eigenvalue weighted by atomic mass is 32.1. The summed E-state index contributed by atoms with van der Waals surface area (Å²) in [7, 11) is 0. The molecule has 0 spiro atoms. The fraction of sp³-hybridized carbons (Fsp3) is 0. The van der Waals surface area contributed by atoms with Gasteiger partial charge in [0.1, 0.15) is 11.5 Å². The van der Waals surface area contributed by atoms with Crippen LogP contribution in [0.3, 0.4) is 0 Å². The molecule has 29 aromatic rings. The van der Waals surface area contributed by atoms with Crippen LogP contribution in [0.1, 0.15) is 0 Å². The van der Waals surface area contributed by atoms with Crippen molar-refractivity contribution in [2.75, 3.05) is 4.90 Å². The van der Waals surface area contributed by atoms with Crippen LogP contribution in [0.5, 0.6) is 0 Å². The molecule has 0 unspecified atom stereocenters. The minimum absolute atomic E-state index is 0.835. The van der Waals surface area contributed by atoms with Gasteiger partial charge in [0.05, 0.1) is 33.1 Å². The second kappa shape index (κ2) is 33.6. The van der Waals surface area contributed by atoms with Crippen molar-refractivity contribution in [1.29, 1.82) is 0 Å². The normalized spacial score (nSPS) is 11.7. The average molecular weight is 1810 g/mol. The zero-order valence-electron chi connectivity index (χ0n) is 75.1. The van der Waals surface area contributed by atoms with Gasteiger partial charge in [0.25, 0.3) is 0 Å². The molecule has 0 atom stereocenters. The number of rotatable bonds is 12. The van der Waals surface area contributed by atoms with Crippen molar-refractivity contribution in [3.05, 3.63) is 492 Å². The minimum Gasteiger partial charge on any atom is -0.456 e. The van der Waals surface area contributed by atoms with Gasteiger partial charge in [-0.25, -0.2) is 0 Å². The Morgan fingerprint density at radius 3 is 0.957 bits per heavy atom. The van der Waals surface area contributed by atoms with Gasteiger partial charge >= 0.3 is 0 Å².